The fraction of sp³-hybridized carbons (Fsp3) is 0.333. The lowest BCUT2D eigenvalue weighted by Crippen LogP contribution is -2.23. The van der Waals surface area contributed by atoms with Gasteiger partial charge in [0.2, 0.25) is 0 Å². The summed E-state index contributed by atoms with van der Waals surface area (Å²) in [6, 6.07) is 0. The van der Waals surface area contributed by atoms with E-state index >= 15 is 0 Å². The van der Waals surface area contributed by atoms with Crippen LogP contribution in [-0.4, -0.2) is 32.4 Å². The Balaban J connectivity index is 2.30. The molecule has 0 atom stereocenters. The Morgan fingerprint density at radius 2 is 2.41 bits per heavy atom. The van der Waals surface area contributed by atoms with Crippen LogP contribution in [0.5, 0.6) is 0 Å². The van der Waals surface area contributed by atoms with Crippen LogP contribution < -0.4 is 11.1 Å². The van der Waals surface area contributed by atoms with Crippen molar-refractivity contribution in [3.05, 3.63) is 12.0 Å². The maximum absolute atomic E-state index is 11.4. The van der Waals surface area contributed by atoms with E-state index in [9.17, 15) is 4.79 Å². The molecule has 2 rings (SSSR count). The summed E-state index contributed by atoms with van der Waals surface area (Å²) in [4.78, 5) is 15.4. The molecular formula is C9H12N6O2. The van der Waals surface area contributed by atoms with Gasteiger partial charge >= 0.3 is 0 Å². The van der Waals surface area contributed by atoms with Crippen LogP contribution in [0.25, 0.3) is 11.5 Å². The Hall–Kier alpha value is -2.38. The monoisotopic (exact) mass is 236 g/mol. The topological polar surface area (TPSA) is 112 Å². The van der Waals surface area contributed by atoms with Gasteiger partial charge in [-0.2, -0.15) is 10.1 Å². The van der Waals surface area contributed by atoms with Crippen molar-refractivity contribution in [2.45, 2.75) is 6.92 Å². The SMILES string of the molecule is CCNC(=O)c1noc(-c2cnn(C)c2N)n1. The average molecular weight is 236 g/mol. The van der Waals surface area contributed by atoms with E-state index in [-0.39, 0.29) is 17.6 Å². The lowest BCUT2D eigenvalue weighted by atomic mass is 10.3. The molecule has 2 heterocycles. The number of amides is 1. The smallest absolute Gasteiger partial charge is 0.292 e. The molecule has 90 valence electrons. The molecule has 0 aliphatic carbocycles. The molecule has 0 saturated carbocycles. The zero-order chi connectivity index (χ0) is 12.4. The van der Waals surface area contributed by atoms with Crippen LogP contribution in [0.2, 0.25) is 0 Å². The molecule has 0 saturated heterocycles. The maximum atomic E-state index is 11.4. The average Bonchev–Trinajstić information content (AvgIpc) is 2.88. The first-order valence-corrected chi connectivity index (χ1v) is 5.03. The molecule has 0 fully saturated rings. The van der Waals surface area contributed by atoms with Crippen LogP contribution in [0.4, 0.5) is 5.82 Å². The number of anilines is 1. The van der Waals surface area contributed by atoms with Gasteiger partial charge in [-0.3, -0.25) is 9.48 Å². The molecule has 17 heavy (non-hydrogen) atoms. The highest BCUT2D eigenvalue weighted by Gasteiger charge is 2.18. The van der Waals surface area contributed by atoms with Crippen molar-refractivity contribution in [1.29, 1.82) is 0 Å². The lowest BCUT2D eigenvalue weighted by molar-refractivity contribution is 0.0942. The van der Waals surface area contributed by atoms with Gasteiger partial charge in [-0.05, 0) is 6.92 Å². The zero-order valence-corrected chi connectivity index (χ0v) is 9.47. The Morgan fingerprint density at radius 3 is 3.00 bits per heavy atom. The van der Waals surface area contributed by atoms with Gasteiger partial charge in [0.15, 0.2) is 0 Å². The zero-order valence-electron chi connectivity index (χ0n) is 9.47. The fourth-order valence-electron chi connectivity index (χ4n) is 1.28. The molecule has 0 aliphatic heterocycles. The van der Waals surface area contributed by atoms with Crippen molar-refractivity contribution in [3.63, 3.8) is 0 Å². The van der Waals surface area contributed by atoms with Gasteiger partial charge in [-0.1, -0.05) is 5.16 Å². The number of carbonyl (C=O) groups excluding carboxylic acids is 1. The molecular weight excluding hydrogens is 224 g/mol. The van der Waals surface area contributed by atoms with E-state index in [0.717, 1.165) is 0 Å². The van der Waals surface area contributed by atoms with E-state index in [1.54, 1.807) is 14.0 Å². The van der Waals surface area contributed by atoms with Gasteiger partial charge < -0.3 is 15.6 Å². The predicted molar refractivity (Wildman–Crippen MR) is 58.9 cm³/mol. The third kappa shape index (κ3) is 1.96. The number of nitrogen functional groups attached to an aromatic ring is 1. The molecule has 0 spiro atoms. The second kappa shape index (κ2) is 4.24. The van der Waals surface area contributed by atoms with E-state index < -0.39 is 0 Å². The van der Waals surface area contributed by atoms with Crippen LogP contribution in [0.15, 0.2) is 10.7 Å². The third-order valence-corrected chi connectivity index (χ3v) is 2.18. The van der Waals surface area contributed by atoms with Crippen molar-refractivity contribution in [2.24, 2.45) is 7.05 Å². The standard InChI is InChI=1S/C9H12N6O2/c1-3-11-8(16)7-13-9(17-14-7)5-4-12-15(2)6(5)10/h4H,3,10H2,1-2H3,(H,11,16). The second-order valence-corrected chi connectivity index (χ2v) is 3.35. The Labute approximate surface area is 96.8 Å². The molecule has 1 amide bonds. The Morgan fingerprint density at radius 1 is 1.65 bits per heavy atom. The molecule has 0 aromatic carbocycles. The van der Waals surface area contributed by atoms with Gasteiger partial charge in [0, 0.05) is 13.6 Å². The molecule has 8 nitrogen and oxygen atoms in total. The summed E-state index contributed by atoms with van der Waals surface area (Å²) in [7, 11) is 1.69. The highest BCUT2D eigenvalue weighted by Crippen LogP contribution is 2.22. The van der Waals surface area contributed by atoms with E-state index in [2.05, 4.69) is 20.6 Å². The summed E-state index contributed by atoms with van der Waals surface area (Å²) in [5, 5.41) is 10.1. The minimum absolute atomic E-state index is 0.0231. The first-order valence-electron chi connectivity index (χ1n) is 5.03. The van der Waals surface area contributed by atoms with Gasteiger partial charge in [0.05, 0.1) is 6.20 Å². The van der Waals surface area contributed by atoms with Crippen LogP contribution in [-0.2, 0) is 7.05 Å². The first kappa shape index (κ1) is 11.1. The van der Waals surface area contributed by atoms with Crippen molar-refractivity contribution in [1.82, 2.24) is 25.2 Å². The number of carbonyl (C=O) groups is 1. The summed E-state index contributed by atoms with van der Waals surface area (Å²) >= 11 is 0. The predicted octanol–water partition coefficient (Wildman–Crippen LogP) is -0.198. The molecule has 8 heteroatoms. The molecule has 0 radical (unpaired) electrons. The van der Waals surface area contributed by atoms with E-state index in [0.29, 0.717) is 17.9 Å². The highest BCUT2D eigenvalue weighted by molar-refractivity contribution is 5.90. The van der Waals surface area contributed by atoms with E-state index in [1.807, 2.05) is 0 Å². The summed E-state index contributed by atoms with van der Waals surface area (Å²) in [6.45, 7) is 2.30. The van der Waals surface area contributed by atoms with Crippen LogP contribution in [0, 0.1) is 0 Å². The van der Waals surface area contributed by atoms with E-state index in [1.165, 1.54) is 10.9 Å². The van der Waals surface area contributed by atoms with Gasteiger partial charge in [-0.25, -0.2) is 0 Å². The number of aryl methyl sites for hydroxylation is 1. The van der Waals surface area contributed by atoms with Crippen LogP contribution >= 0.6 is 0 Å². The van der Waals surface area contributed by atoms with Crippen molar-refractivity contribution < 1.29 is 9.32 Å². The molecule has 2 aromatic rings. The number of hydrogen-bond acceptors (Lipinski definition) is 6. The molecule has 0 unspecified atom stereocenters. The van der Waals surface area contributed by atoms with Crippen molar-refractivity contribution in [3.8, 4) is 11.5 Å². The number of hydrogen-bond donors (Lipinski definition) is 2. The first-order chi connectivity index (χ1) is 8.13. The quantitative estimate of drug-likeness (QED) is 0.763. The minimum atomic E-state index is -0.384. The van der Waals surface area contributed by atoms with Gasteiger partial charge in [-0.15, -0.1) is 0 Å². The number of nitrogens with two attached hydrogens (primary N) is 1. The third-order valence-electron chi connectivity index (χ3n) is 2.18. The summed E-state index contributed by atoms with van der Waals surface area (Å²) in [6.07, 6.45) is 1.50. The van der Waals surface area contributed by atoms with Crippen molar-refractivity contribution >= 4 is 11.7 Å². The number of nitrogens with one attached hydrogen (secondary N) is 1. The van der Waals surface area contributed by atoms with E-state index in [4.69, 9.17) is 10.3 Å². The summed E-state index contributed by atoms with van der Waals surface area (Å²) in [5.41, 5.74) is 6.26. The Kier molecular flexibility index (Phi) is 2.77. The van der Waals surface area contributed by atoms with Gasteiger partial charge in [0.1, 0.15) is 11.4 Å². The maximum Gasteiger partial charge on any atom is 0.292 e. The lowest BCUT2D eigenvalue weighted by Gasteiger charge is -1.94. The largest absolute Gasteiger partial charge is 0.383 e. The Bertz CT molecular complexity index is 543. The van der Waals surface area contributed by atoms with Gasteiger partial charge in [0.25, 0.3) is 17.6 Å². The normalized spacial score (nSPS) is 10.5. The van der Waals surface area contributed by atoms with Crippen LogP contribution in [0.1, 0.15) is 17.5 Å². The molecule has 2 aromatic heterocycles. The highest BCUT2D eigenvalue weighted by atomic mass is 16.5. The number of rotatable bonds is 3. The molecule has 0 bridgehead atoms. The summed E-state index contributed by atoms with van der Waals surface area (Å²) < 4.78 is 6.43. The number of nitrogens with zero attached hydrogens (tertiary/aromatic N) is 4. The number of aromatic nitrogens is 4. The summed E-state index contributed by atoms with van der Waals surface area (Å²) in [5.74, 6) is 0.169. The fourth-order valence-corrected chi connectivity index (χ4v) is 1.28. The van der Waals surface area contributed by atoms with Crippen molar-refractivity contribution in [2.75, 3.05) is 12.3 Å². The second-order valence-electron chi connectivity index (χ2n) is 3.35. The minimum Gasteiger partial charge on any atom is -0.383 e. The molecule has 0 aliphatic rings. The van der Waals surface area contributed by atoms with Crippen LogP contribution in [0.3, 0.4) is 0 Å². The molecule has 3 N–H and O–H groups in total.